The number of carbonyl (C=O) groups is 2. The highest BCUT2D eigenvalue weighted by Gasteiger charge is 2.28. The topological polar surface area (TPSA) is 52.6 Å². The van der Waals surface area contributed by atoms with Gasteiger partial charge in [0.25, 0.3) is 0 Å². The van der Waals surface area contributed by atoms with Crippen LogP contribution in [0.15, 0.2) is 72.5 Å². The normalized spacial score (nSPS) is 13.9. The molecule has 29 heavy (non-hydrogen) atoms. The number of esters is 1. The zero-order valence-electron chi connectivity index (χ0n) is 15.0. The fourth-order valence-electron chi connectivity index (χ4n) is 2.91. The number of hydrogen-bond donors (Lipinski definition) is 0. The number of carbonyl (C=O) groups excluding carboxylic acids is 2. The van der Waals surface area contributed by atoms with E-state index >= 15 is 0 Å². The van der Waals surface area contributed by atoms with E-state index in [9.17, 15) is 14.0 Å². The van der Waals surface area contributed by atoms with Crippen molar-refractivity contribution in [3.05, 3.63) is 100 Å². The molecule has 0 N–H and O–H groups in total. The van der Waals surface area contributed by atoms with Crippen LogP contribution >= 0.6 is 11.6 Å². The van der Waals surface area contributed by atoms with E-state index in [1.54, 1.807) is 36.4 Å². The second-order valence-corrected chi connectivity index (χ2v) is 6.87. The Balaban J connectivity index is 1.48. The Morgan fingerprint density at radius 3 is 2.62 bits per heavy atom. The summed E-state index contributed by atoms with van der Waals surface area (Å²) in [7, 11) is 0. The van der Waals surface area contributed by atoms with Gasteiger partial charge in [0.2, 0.25) is 5.78 Å². The van der Waals surface area contributed by atoms with Gasteiger partial charge in [-0.25, -0.2) is 4.39 Å². The molecule has 4 rings (SSSR count). The maximum Gasteiger partial charge on any atom is 0.315 e. The van der Waals surface area contributed by atoms with Crippen LogP contribution < -0.4 is 9.47 Å². The van der Waals surface area contributed by atoms with Crippen molar-refractivity contribution >= 4 is 29.4 Å². The number of benzene rings is 3. The quantitative estimate of drug-likeness (QED) is 0.336. The SMILES string of the molecule is O=C(Cc1ccc(Cl)cc1)Oc1ccc2c(c1)O/C(=C\c1cccc(F)c1)C2=O. The van der Waals surface area contributed by atoms with Crippen molar-refractivity contribution < 1.29 is 23.5 Å². The van der Waals surface area contributed by atoms with Gasteiger partial charge in [0.15, 0.2) is 5.76 Å². The van der Waals surface area contributed by atoms with Crippen LogP contribution in [-0.4, -0.2) is 11.8 Å². The summed E-state index contributed by atoms with van der Waals surface area (Å²) in [6, 6.07) is 17.3. The molecule has 0 saturated carbocycles. The highest BCUT2D eigenvalue weighted by Crippen LogP contribution is 2.35. The van der Waals surface area contributed by atoms with E-state index in [2.05, 4.69) is 0 Å². The largest absolute Gasteiger partial charge is 0.452 e. The first-order chi connectivity index (χ1) is 14.0. The van der Waals surface area contributed by atoms with E-state index in [-0.39, 0.29) is 29.5 Å². The lowest BCUT2D eigenvalue weighted by molar-refractivity contribution is -0.133. The van der Waals surface area contributed by atoms with Crippen LogP contribution in [0.3, 0.4) is 0 Å². The van der Waals surface area contributed by atoms with E-state index < -0.39 is 11.8 Å². The van der Waals surface area contributed by atoms with Crippen molar-refractivity contribution in [2.45, 2.75) is 6.42 Å². The third-order valence-corrected chi connectivity index (χ3v) is 4.53. The second kappa shape index (κ2) is 7.89. The van der Waals surface area contributed by atoms with Crippen molar-refractivity contribution in [3.63, 3.8) is 0 Å². The third kappa shape index (κ3) is 4.36. The fourth-order valence-corrected chi connectivity index (χ4v) is 3.04. The van der Waals surface area contributed by atoms with Crippen molar-refractivity contribution in [3.8, 4) is 11.5 Å². The number of rotatable bonds is 4. The Morgan fingerprint density at radius 1 is 1.07 bits per heavy atom. The molecular formula is C23H14ClFO4. The van der Waals surface area contributed by atoms with E-state index in [0.717, 1.165) is 5.56 Å². The first-order valence-corrected chi connectivity index (χ1v) is 9.15. The van der Waals surface area contributed by atoms with E-state index in [1.165, 1.54) is 36.4 Å². The zero-order chi connectivity index (χ0) is 20.4. The molecule has 1 aliphatic heterocycles. The third-order valence-electron chi connectivity index (χ3n) is 4.28. The van der Waals surface area contributed by atoms with E-state index in [1.807, 2.05) is 0 Å². The number of ether oxygens (including phenoxy) is 2. The van der Waals surface area contributed by atoms with Crippen molar-refractivity contribution in [1.29, 1.82) is 0 Å². The van der Waals surface area contributed by atoms with Crippen LogP contribution in [0.4, 0.5) is 4.39 Å². The molecule has 144 valence electrons. The molecule has 0 aliphatic carbocycles. The summed E-state index contributed by atoms with van der Waals surface area (Å²) >= 11 is 5.83. The Kier molecular flexibility index (Phi) is 5.14. The molecular weight excluding hydrogens is 395 g/mol. The summed E-state index contributed by atoms with van der Waals surface area (Å²) in [4.78, 5) is 24.6. The fraction of sp³-hybridized carbons (Fsp3) is 0.0435. The molecule has 3 aromatic carbocycles. The molecule has 6 heteroatoms. The Labute approximate surface area is 171 Å². The molecule has 0 radical (unpaired) electrons. The lowest BCUT2D eigenvalue weighted by atomic mass is 10.1. The smallest absolute Gasteiger partial charge is 0.315 e. The van der Waals surface area contributed by atoms with Crippen molar-refractivity contribution in [1.82, 2.24) is 0 Å². The van der Waals surface area contributed by atoms with Gasteiger partial charge in [0.05, 0.1) is 12.0 Å². The minimum absolute atomic E-state index is 0.0789. The van der Waals surface area contributed by atoms with Gasteiger partial charge in [-0.3, -0.25) is 9.59 Å². The summed E-state index contributed by atoms with van der Waals surface area (Å²) in [6.07, 6.45) is 1.55. The molecule has 0 amide bonds. The van der Waals surface area contributed by atoms with Crippen LogP contribution in [0.2, 0.25) is 5.02 Å². The van der Waals surface area contributed by atoms with Gasteiger partial charge < -0.3 is 9.47 Å². The van der Waals surface area contributed by atoms with Crippen molar-refractivity contribution in [2.24, 2.45) is 0 Å². The molecule has 1 heterocycles. The highest BCUT2D eigenvalue weighted by atomic mass is 35.5. The van der Waals surface area contributed by atoms with E-state index in [4.69, 9.17) is 21.1 Å². The molecule has 0 saturated heterocycles. The second-order valence-electron chi connectivity index (χ2n) is 6.43. The van der Waals surface area contributed by atoms with Crippen LogP contribution in [-0.2, 0) is 11.2 Å². The van der Waals surface area contributed by atoms with Crippen LogP contribution in [0.5, 0.6) is 11.5 Å². The zero-order valence-corrected chi connectivity index (χ0v) is 15.8. The Morgan fingerprint density at radius 2 is 1.86 bits per heavy atom. The maximum absolute atomic E-state index is 13.3. The standard InChI is InChI=1S/C23H14ClFO4/c24-16-6-4-14(5-7-16)12-22(26)28-18-8-9-19-20(13-18)29-21(23(19)27)11-15-2-1-3-17(25)10-15/h1-11,13H,12H2/b21-11-. The van der Waals surface area contributed by atoms with Gasteiger partial charge >= 0.3 is 5.97 Å². The van der Waals surface area contributed by atoms with Gasteiger partial charge in [0.1, 0.15) is 17.3 Å². The highest BCUT2D eigenvalue weighted by molar-refractivity contribution is 6.30. The summed E-state index contributed by atoms with van der Waals surface area (Å²) in [6.45, 7) is 0. The van der Waals surface area contributed by atoms with Gasteiger partial charge in [0, 0.05) is 11.1 Å². The molecule has 1 aliphatic rings. The predicted octanol–water partition coefficient (Wildman–Crippen LogP) is 5.24. The first kappa shape index (κ1) is 18.9. The van der Waals surface area contributed by atoms with Crippen LogP contribution in [0.25, 0.3) is 6.08 Å². The molecule has 4 nitrogen and oxygen atoms in total. The van der Waals surface area contributed by atoms with Gasteiger partial charge in [-0.05, 0) is 53.6 Å². The number of allylic oxidation sites excluding steroid dienone is 1. The Bertz CT molecular complexity index is 1140. The average Bonchev–Trinajstić information content (AvgIpc) is 2.98. The van der Waals surface area contributed by atoms with Gasteiger partial charge in [-0.2, -0.15) is 0 Å². The van der Waals surface area contributed by atoms with Crippen LogP contribution in [0.1, 0.15) is 21.5 Å². The van der Waals surface area contributed by atoms with Gasteiger partial charge in [-0.1, -0.05) is 35.9 Å². The molecule has 0 aromatic heterocycles. The molecule has 0 spiro atoms. The molecule has 0 unspecified atom stereocenters. The molecule has 0 bridgehead atoms. The summed E-state index contributed by atoms with van der Waals surface area (Å²) in [5, 5.41) is 0.588. The molecule has 3 aromatic rings. The summed E-state index contributed by atoms with van der Waals surface area (Å²) in [5.41, 5.74) is 1.63. The van der Waals surface area contributed by atoms with Crippen molar-refractivity contribution in [2.75, 3.05) is 0 Å². The number of fused-ring (bicyclic) bond motifs is 1. The van der Waals surface area contributed by atoms with E-state index in [0.29, 0.717) is 16.1 Å². The van der Waals surface area contributed by atoms with Gasteiger partial charge in [-0.15, -0.1) is 0 Å². The molecule has 0 atom stereocenters. The lowest BCUT2D eigenvalue weighted by Gasteiger charge is -2.06. The first-order valence-electron chi connectivity index (χ1n) is 8.77. The summed E-state index contributed by atoms with van der Waals surface area (Å²) in [5.74, 6) is -0.542. The monoisotopic (exact) mass is 408 g/mol. The minimum atomic E-state index is -0.452. The number of hydrogen-bond acceptors (Lipinski definition) is 4. The lowest BCUT2D eigenvalue weighted by Crippen LogP contribution is -2.11. The maximum atomic E-state index is 13.3. The average molecular weight is 409 g/mol. The Hall–Kier alpha value is -3.44. The predicted molar refractivity (Wildman–Crippen MR) is 107 cm³/mol. The molecule has 0 fully saturated rings. The summed E-state index contributed by atoms with van der Waals surface area (Å²) < 4.78 is 24.3. The van der Waals surface area contributed by atoms with Crippen LogP contribution in [0, 0.1) is 5.82 Å². The minimum Gasteiger partial charge on any atom is -0.452 e. The number of halogens is 2. The number of Topliss-reactive ketones (excluding diaryl/α,β-unsaturated/α-hetero) is 1. The number of ketones is 1.